The third-order valence-electron chi connectivity index (χ3n) is 1.97. The Labute approximate surface area is 66.3 Å². The van der Waals surface area contributed by atoms with E-state index in [0.717, 1.165) is 19.1 Å². The second-order valence-corrected chi connectivity index (χ2v) is 2.87. The van der Waals surface area contributed by atoms with Crippen LogP contribution in [0.15, 0.2) is 12.2 Å². The Kier molecular flexibility index (Phi) is 3.02. The first kappa shape index (κ1) is 8.18. The van der Waals surface area contributed by atoms with Crippen LogP contribution in [-0.2, 0) is 9.59 Å². The van der Waals surface area contributed by atoms with Gasteiger partial charge in [-0.2, -0.15) is 0 Å². The molecule has 0 fully saturated rings. The van der Waals surface area contributed by atoms with Crippen molar-refractivity contribution in [2.75, 3.05) is 0 Å². The highest BCUT2D eigenvalue weighted by molar-refractivity contribution is 5.90. The van der Waals surface area contributed by atoms with Crippen LogP contribution < -0.4 is 0 Å². The first-order valence-corrected chi connectivity index (χ1v) is 3.97. The molecule has 0 aliphatic heterocycles. The Morgan fingerprint density at radius 3 is 3.00 bits per heavy atom. The van der Waals surface area contributed by atoms with Gasteiger partial charge in [-0.15, -0.1) is 0 Å². The topological polar surface area (TPSA) is 34.1 Å². The van der Waals surface area contributed by atoms with Crippen LogP contribution in [0.25, 0.3) is 0 Å². The van der Waals surface area contributed by atoms with Gasteiger partial charge in [0.05, 0.1) is 0 Å². The summed E-state index contributed by atoms with van der Waals surface area (Å²) in [5.74, 6) is 0.672. The van der Waals surface area contributed by atoms with Crippen LogP contribution in [0.2, 0.25) is 0 Å². The molecule has 2 nitrogen and oxygen atoms in total. The molecule has 1 rings (SSSR count). The molecule has 1 aliphatic carbocycles. The zero-order valence-corrected chi connectivity index (χ0v) is 6.45. The fourth-order valence-electron chi connectivity index (χ4n) is 1.27. The Hall–Kier alpha value is -0.920. The lowest BCUT2D eigenvalue weighted by Gasteiger charge is -2.13. The van der Waals surface area contributed by atoms with Gasteiger partial charge in [0.2, 0.25) is 0 Å². The van der Waals surface area contributed by atoms with Gasteiger partial charge in [0.15, 0.2) is 5.78 Å². The summed E-state index contributed by atoms with van der Waals surface area (Å²) >= 11 is 0. The van der Waals surface area contributed by atoms with Gasteiger partial charge in [0.25, 0.3) is 0 Å². The molecule has 0 bridgehead atoms. The van der Waals surface area contributed by atoms with Crippen LogP contribution in [0.1, 0.15) is 25.7 Å². The third kappa shape index (κ3) is 2.66. The van der Waals surface area contributed by atoms with E-state index >= 15 is 0 Å². The van der Waals surface area contributed by atoms with E-state index in [1.165, 1.54) is 0 Å². The summed E-state index contributed by atoms with van der Waals surface area (Å²) in [5, 5.41) is 0. The average Bonchev–Trinajstić information content (AvgIpc) is 2.04. The monoisotopic (exact) mass is 152 g/mol. The van der Waals surface area contributed by atoms with Crippen molar-refractivity contribution >= 4 is 12.1 Å². The molecule has 0 spiro atoms. The lowest BCUT2D eigenvalue weighted by atomic mass is 9.91. The van der Waals surface area contributed by atoms with Gasteiger partial charge in [-0.1, -0.05) is 6.08 Å². The molecule has 60 valence electrons. The Morgan fingerprint density at radius 2 is 2.45 bits per heavy atom. The maximum atomic E-state index is 10.7. The summed E-state index contributed by atoms with van der Waals surface area (Å²) in [6.07, 6.45) is 7.58. The first-order chi connectivity index (χ1) is 5.33. The number of carbonyl (C=O) groups excluding carboxylic acids is 2. The second kappa shape index (κ2) is 4.06. The molecule has 0 radical (unpaired) electrons. The summed E-state index contributed by atoms with van der Waals surface area (Å²) in [5.41, 5.74) is 0. The number of carbonyl (C=O) groups is 2. The van der Waals surface area contributed by atoms with Crippen LogP contribution in [-0.4, -0.2) is 12.1 Å². The van der Waals surface area contributed by atoms with Crippen LogP contribution in [0.3, 0.4) is 0 Å². The molecule has 0 aromatic heterocycles. The molecule has 2 heteroatoms. The molecule has 0 saturated heterocycles. The van der Waals surface area contributed by atoms with E-state index in [-0.39, 0.29) is 5.78 Å². The van der Waals surface area contributed by atoms with Crippen LogP contribution in [0.4, 0.5) is 0 Å². The predicted molar refractivity (Wildman–Crippen MR) is 42.2 cm³/mol. The number of aldehydes is 1. The fraction of sp³-hybridized carbons (Fsp3) is 0.556. The van der Waals surface area contributed by atoms with Crippen molar-refractivity contribution in [3.63, 3.8) is 0 Å². The zero-order valence-electron chi connectivity index (χ0n) is 6.45. The molecule has 11 heavy (non-hydrogen) atoms. The van der Waals surface area contributed by atoms with Gasteiger partial charge in [0.1, 0.15) is 6.29 Å². The standard InChI is InChI=1S/C9H12O2/c10-7-1-2-8-3-5-9(11)6-4-8/h3,5,7-8H,1-2,4,6H2. The van der Waals surface area contributed by atoms with Gasteiger partial charge in [-0.25, -0.2) is 0 Å². The van der Waals surface area contributed by atoms with E-state index in [4.69, 9.17) is 0 Å². The normalized spacial score (nSPS) is 23.6. The minimum absolute atomic E-state index is 0.215. The van der Waals surface area contributed by atoms with Crippen molar-refractivity contribution in [3.8, 4) is 0 Å². The highest BCUT2D eigenvalue weighted by atomic mass is 16.1. The van der Waals surface area contributed by atoms with Gasteiger partial charge < -0.3 is 4.79 Å². The molecule has 1 atom stereocenters. The van der Waals surface area contributed by atoms with Crippen LogP contribution >= 0.6 is 0 Å². The Bertz CT molecular complexity index is 182. The van der Waals surface area contributed by atoms with Gasteiger partial charge in [-0.3, -0.25) is 4.79 Å². The van der Waals surface area contributed by atoms with E-state index in [1.807, 2.05) is 6.08 Å². The summed E-state index contributed by atoms with van der Waals surface area (Å²) in [7, 11) is 0. The van der Waals surface area contributed by atoms with Crippen LogP contribution in [0, 0.1) is 5.92 Å². The number of rotatable bonds is 3. The minimum atomic E-state index is 0.215. The van der Waals surface area contributed by atoms with Crippen molar-refractivity contribution in [2.45, 2.75) is 25.7 Å². The predicted octanol–water partition coefficient (Wildman–Crippen LogP) is 1.50. The average molecular weight is 152 g/mol. The molecule has 1 unspecified atom stereocenters. The van der Waals surface area contributed by atoms with E-state index in [2.05, 4.69) is 0 Å². The van der Waals surface area contributed by atoms with Crippen molar-refractivity contribution in [2.24, 2.45) is 5.92 Å². The van der Waals surface area contributed by atoms with E-state index in [0.29, 0.717) is 18.8 Å². The lowest BCUT2D eigenvalue weighted by Crippen LogP contribution is -2.07. The molecular formula is C9H12O2. The molecule has 0 aromatic carbocycles. The van der Waals surface area contributed by atoms with E-state index in [9.17, 15) is 9.59 Å². The van der Waals surface area contributed by atoms with Gasteiger partial charge in [0, 0.05) is 12.8 Å². The highest BCUT2D eigenvalue weighted by Gasteiger charge is 2.11. The number of ketones is 1. The summed E-state index contributed by atoms with van der Waals surface area (Å²) < 4.78 is 0. The third-order valence-corrected chi connectivity index (χ3v) is 1.97. The highest BCUT2D eigenvalue weighted by Crippen LogP contribution is 2.18. The minimum Gasteiger partial charge on any atom is -0.303 e. The second-order valence-electron chi connectivity index (χ2n) is 2.87. The molecular weight excluding hydrogens is 140 g/mol. The first-order valence-electron chi connectivity index (χ1n) is 3.97. The maximum Gasteiger partial charge on any atom is 0.155 e. The lowest BCUT2D eigenvalue weighted by molar-refractivity contribution is -0.115. The van der Waals surface area contributed by atoms with Crippen molar-refractivity contribution < 1.29 is 9.59 Å². The Morgan fingerprint density at radius 1 is 1.64 bits per heavy atom. The smallest absolute Gasteiger partial charge is 0.155 e. The number of allylic oxidation sites excluding steroid dienone is 2. The molecule has 0 N–H and O–H groups in total. The molecule has 0 saturated carbocycles. The Balaban J connectivity index is 2.31. The number of hydrogen-bond acceptors (Lipinski definition) is 2. The van der Waals surface area contributed by atoms with E-state index in [1.54, 1.807) is 6.08 Å². The SMILES string of the molecule is O=CCCC1C=CC(=O)CC1. The van der Waals surface area contributed by atoms with Crippen molar-refractivity contribution in [3.05, 3.63) is 12.2 Å². The zero-order chi connectivity index (χ0) is 8.10. The maximum absolute atomic E-state index is 10.7. The van der Waals surface area contributed by atoms with Gasteiger partial charge >= 0.3 is 0 Å². The van der Waals surface area contributed by atoms with Gasteiger partial charge in [-0.05, 0) is 24.8 Å². The fourth-order valence-corrected chi connectivity index (χ4v) is 1.27. The molecule has 1 aliphatic rings. The van der Waals surface area contributed by atoms with E-state index < -0.39 is 0 Å². The summed E-state index contributed by atoms with van der Waals surface area (Å²) in [4.78, 5) is 20.7. The van der Waals surface area contributed by atoms with Crippen molar-refractivity contribution in [1.29, 1.82) is 0 Å². The molecule has 0 aromatic rings. The van der Waals surface area contributed by atoms with Crippen molar-refractivity contribution in [1.82, 2.24) is 0 Å². The van der Waals surface area contributed by atoms with Crippen LogP contribution in [0.5, 0.6) is 0 Å². The molecule has 0 amide bonds. The summed E-state index contributed by atoms with van der Waals surface area (Å²) in [6, 6.07) is 0. The molecule has 0 heterocycles. The number of hydrogen-bond donors (Lipinski definition) is 0. The summed E-state index contributed by atoms with van der Waals surface area (Å²) in [6.45, 7) is 0. The quantitative estimate of drug-likeness (QED) is 0.574. The largest absolute Gasteiger partial charge is 0.303 e.